The van der Waals surface area contributed by atoms with Crippen LogP contribution in [0.5, 0.6) is 0 Å². The van der Waals surface area contributed by atoms with Gasteiger partial charge in [0.2, 0.25) is 0 Å². The zero-order valence-corrected chi connectivity index (χ0v) is 11.9. The van der Waals surface area contributed by atoms with Crippen LogP contribution in [0, 0.1) is 5.41 Å². The van der Waals surface area contributed by atoms with Crippen LogP contribution in [-0.2, 0) is 11.8 Å². The minimum absolute atomic E-state index is 0.185. The lowest BCUT2D eigenvalue weighted by molar-refractivity contribution is 0.418. The third-order valence-corrected chi connectivity index (χ3v) is 3.59. The van der Waals surface area contributed by atoms with Crippen LogP contribution in [0.1, 0.15) is 45.7 Å². The highest BCUT2D eigenvalue weighted by atomic mass is 35.5. The van der Waals surface area contributed by atoms with E-state index in [9.17, 15) is 0 Å². The first-order chi connectivity index (χ1) is 7.24. The summed E-state index contributed by atoms with van der Waals surface area (Å²) in [4.78, 5) is 0. The molecule has 0 saturated heterocycles. The monoisotopic (exact) mass is 238 g/mol. The molecule has 0 radical (unpaired) electrons. The summed E-state index contributed by atoms with van der Waals surface area (Å²) in [5.74, 6) is 0.702. The van der Waals surface area contributed by atoms with Crippen LogP contribution in [0.3, 0.4) is 0 Å². The molecule has 90 valence electrons. The predicted molar refractivity (Wildman–Crippen MR) is 73.3 cm³/mol. The molecule has 0 aliphatic carbocycles. The summed E-state index contributed by atoms with van der Waals surface area (Å²) in [6.07, 6.45) is 1.04. The number of benzene rings is 1. The number of halogens is 1. The number of hydrogen-bond donors (Lipinski definition) is 0. The van der Waals surface area contributed by atoms with Crippen molar-refractivity contribution in [3.8, 4) is 0 Å². The summed E-state index contributed by atoms with van der Waals surface area (Å²) < 4.78 is 0. The standard InChI is InChI=1S/C15H23Cl/c1-14(2,3)13-8-6-12(7-9-13)10-15(4,5)11-16/h6-9H,10-11H2,1-5H3. The lowest BCUT2D eigenvalue weighted by Crippen LogP contribution is -2.17. The van der Waals surface area contributed by atoms with E-state index in [0.717, 1.165) is 6.42 Å². The Morgan fingerprint density at radius 1 is 0.938 bits per heavy atom. The van der Waals surface area contributed by atoms with Gasteiger partial charge < -0.3 is 0 Å². The summed E-state index contributed by atoms with van der Waals surface area (Å²) in [5.41, 5.74) is 3.18. The zero-order chi connectivity index (χ0) is 12.4. The maximum atomic E-state index is 5.95. The van der Waals surface area contributed by atoms with Crippen LogP contribution in [-0.4, -0.2) is 5.88 Å². The van der Waals surface area contributed by atoms with Crippen LogP contribution >= 0.6 is 11.6 Å². The highest BCUT2D eigenvalue weighted by Crippen LogP contribution is 2.26. The van der Waals surface area contributed by atoms with E-state index in [-0.39, 0.29) is 10.8 Å². The normalized spacial score (nSPS) is 12.9. The fraction of sp³-hybridized carbons (Fsp3) is 0.600. The zero-order valence-electron chi connectivity index (χ0n) is 11.1. The van der Waals surface area contributed by atoms with Gasteiger partial charge in [0.1, 0.15) is 0 Å². The summed E-state index contributed by atoms with van der Waals surface area (Å²) in [6.45, 7) is 11.1. The van der Waals surface area contributed by atoms with E-state index in [1.54, 1.807) is 0 Å². The van der Waals surface area contributed by atoms with Crippen molar-refractivity contribution in [1.82, 2.24) is 0 Å². The van der Waals surface area contributed by atoms with Crippen molar-refractivity contribution in [2.45, 2.75) is 46.5 Å². The Bertz CT molecular complexity index is 327. The summed E-state index contributed by atoms with van der Waals surface area (Å²) in [6, 6.07) is 8.93. The Balaban J connectivity index is 2.80. The van der Waals surface area contributed by atoms with E-state index < -0.39 is 0 Å². The van der Waals surface area contributed by atoms with Gasteiger partial charge >= 0.3 is 0 Å². The third-order valence-electron chi connectivity index (χ3n) is 2.86. The van der Waals surface area contributed by atoms with Crippen molar-refractivity contribution in [2.24, 2.45) is 5.41 Å². The lowest BCUT2D eigenvalue weighted by Gasteiger charge is -2.23. The minimum atomic E-state index is 0.185. The quantitative estimate of drug-likeness (QED) is 0.664. The first kappa shape index (κ1) is 13.6. The molecule has 0 fully saturated rings. The average molecular weight is 239 g/mol. The molecule has 0 spiro atoms. The maximum absolute atomic E-state index is 5.95. The predicted octanol–water partition coefficient (Wildman–Crippen LogP) is 4.79. The molecule has 0 amide bonds. The van der Waals surface area contributed by atoms with Gasteiger partial charge in [0.15, 0.2) is 0 Å². The van der Waals surface area contributed by atoms with Gasteiger partial charge in [-0.15, -0.1) is 11.6 Å². The fourth-order valence-electron chi connectivity index (χ4n) is 1.72. The molecule has 0 bridgehead atoms. The van der Waals surface area contributed by atoms with Gasteiger partial charge in [0.25, 0.3) is 0 Å². The van der Waals surface area contributed by atoms with Crippen LogP contribution in [0.15, 0.2) is 24.3 Å². The molecular weight excluding hydrogens is 216 g/mol. The molecule has 0 heterocycles. The first-order valence-electron chi connectivity index (χ1n) is 5.90. The van der Waals surface area contributed by atoms with Crippen molar-refractivity contribution in [2.75, 3.05) is 5.88 Å². The highest BCUT2D eigenvalue weighted by Gasteiger charge is 2.18. The van der Waals surface area contributed by atoms with Gasteiger partial charge in [-0.1, -0.05) is 58.9 Å². The molecule has 0 N–H and O–H groups in total. The molecule has 0 nitrogen and oxygen atoms in total. The van der Waals surface area contributed by atoms with E-state index in [4.69, 9.17) is 11.6 Å². The number of alkyl halides is 1. The minimum Gasteiger partial charge on any atom is -0.126 e. The molecule has 1 heteroatoms. The van der Waals surface area contributed by atoms with Crippen molar-refractivity contribution in [3.63, 3.8) is 0 Å². The van der Waals surface area contributed by atoms with Crippen molar-refractivity contribution in [3.05, 3.63) is 35.4 Å². The molecule has 0 atom stereocenters. The molecule has 1 rings (SSSR count). The Kier molecular flexibility index (Phi) is 4.07. The Morgan fingerprint density at radius 2 is 1.44 bits per heavy atom. The SMILES string of the molecule is CC(C)(CCl)Cc1ccc(C(C)(C)C)cc1. The second-order valence-electron chi connectivity index (χ2n) is 6.42. The molecular formula is C15H23Cl. The molecule has 0 saturated carbocycles. The first-order valence-corrected chi connectivity index (χ1v) is 6.43. The summed E-state index contributed by atoms with van der Waals surface area (Å²) in [7, 11) is 0. The number of hydrogen-bond acceptors (Lipinski definition) is 0. The second-order valence-corrected chi connectivity index (χ2v) is 6.69. The van der Waals surface area contributed by atoms with Crippen molar-refractivity contribution >= 4 is 11.6 Å². The Hall–Kier alpha value is -0.490. The van der Waals surface area contributed by atoms with E-state index in [0.29, 0.717) is 5.88 Å². The van der Waals surface area contributed by atoms with Gasteiger partial charge in [-0.3, -0.25) is 0 Å². The molecule has 1 aromatic carbocycles. The van der Waals surface area contributed by atoms with Crippen molar-refractivity contribution < 1.29 is 0 Å². The van der Waals surface area contributed by atoms with E-state index in [2.05, 4.69) is 58.9 Å². The summed E-state index contributed by atoms with van der Waals surface area (Å²) in [5, 5.41) is 0. The van der Waals surface area contributed by atoms with Crippen LogP contribution < -0.4 is 0 Å². The van der Waals surface area contributed by atoms with E-state index in [1.807, 2.05) is 0 Å². The van der Waals surface area contributed by atoms with Gasteiger partial charge in [0.05, 0.1) is 0 Å². The molecule has 1 aromatic rings. The second kappa shape index (κ2) is 4.79. The average Bonchev–Trinajstić information content (AvgIpc) is 2.16. The van der Waals surface area contributed by atoms with Gasteiger partial charge in [0, 0.05) is 5.88 Å². The third kappa shape index (κ3) is 3.83. The van der Waals surface area contributed by atoms with Gasteiger partial charge in [-0.05, 0) is 28.4 Å². The molecule has 0 aliphatic heterocycles. The van der Waals surface area contributed by atoms with Crippen LogP contribution in [0.4, 0.5) is 0 Å². The number of rotatable bonds is 3. The molecule has 16 heavy (non-hydrogen) atoms. The van der Waals surface area contributed by atoms with Crippen LogP contribution in [0.25, 0.3) is 0 Å². The topological polar surface area (TPSA) is 0 Å². The molecule has 0 unspecified atom stereocenters. The fourth-order valence-corrected chi connectivity index (χ4v) is 1.82. The largest absolute Gasteiger partial charge is 0.126 e. The van der Waals surface area contributed by atoms with E-state index in [1.165, 1.54) is 11.1 Å². The van der Waals surface area contributed by atoms with Gasteiger partial charge in [-0.2, -0.15) is 0 Å². The highest BCUT2D eigenvalue weighted by molar-refractivity contribution is 6.18. The molecule has 0 aliphatic rings. The Morgan fingerprint density at radius 3 is 1.81 bits per heavy atom. The Labute approximate surface area is 105 Å². The maximum Gasteiger partial charge on any atom is 0.0277 e. The molecule has 0 aromatic heterocycles. The van der Waals surface area contributed by atoms with Crippen LogP contribution in [0.2, 0.25) is 0 Å². The smallest absolute Gasteiger partial charge is 0.0277 e. The summed E-state index contributed by atoms with van der Waals surface area (Å²) >= 11 is 5.95. The van der Waals surface area contributed by atoms with Gasteiger partial charge in [-0.25, -0.2) is 0 Å². The lowest BCUT2D eigenvalue weighted by atomic mass is 9.84. The van der Waals surface area contributed by atoms with E-state index >= 15 is 0 Å². The van der Waals surface area contributed by atoms with Crippen molar-refractivity contribution in [1.29, 1.82) is 0 Å².